The Morgan fingerprint density at radius 2 is 1.47 bits per heavy atom. The highest BCUT2D eigenvalue weighted by atomic mass is 16.6. The minimum Gasteiger partial charge on any atom is -0.459 e. The van der Waals surface area contributed by atoms with Gasteiger partial charge in [0.2, 0.25) is 0 Å². The van der Waals surface area contributed by atoms with E-state index in [0.29, 0.717) is 0 Å². The largest absolute Gasteiger partial charge is 0.459 e. The van der Waals surface area contributed by atoms with Gasteiger partial charge >= 0.3 is 5.97 Å². The Balaban J connectivity index is 1.85. The molecule has 1 saturated heterocycles. The Bertz CT molecular complexity index is 364. The van der Waals surface area contributed by atoms with Crippen LogP contribution in [0.4, 0.5) is 0 Å². The lowest BCUT2D eigenvalue weighted by Gasteiger charge is -2.43. The number of carbonyl (C=O) groups is 1. The average molecular weight is 266 g/mol. The van der Waals surface area contributed by atoms with Gasteiger partial charge in [-0.15, -0.1) is 0 Å². The molecule has 1 atom stereocenters. The summed E-state index contributed by atoms with van der Waals surface area (Å²) in [6.07, 6.45) is 11.0. The summed E-state index contributed by atoms with van der Waals surface area (Å²) in [4.78, 5) is 12.5. The van der Waals surface area contributed by atoms with E-state index in [1.54, 1.807) is 0 Å². The number of esters is 1. The zero-order chi connectivity index (χ0) is 13.6. The molecular formula is C16H26O3. The van der Waals surface area contributed by atoms with Crippen molar-refractivity contribution < 1.29 is 14.6 Å². The summed E-state index contributed by atoms with van der Waals surface area (Å²) in [5.74, 6) is -0.140. The van der Waals surface area contributed by atoms with E-state index >= 15 is 0 Å². The van der Waals surface area contributed by atoms with Crippen LogP contribution in [-0.4, -0.2) is 22.3 Å². The highest BCUT2D eigenvalue weighted by Crippen LogP contribution is 2.55. The minimum absolute atomic E-state index is 0.140. The van der Waals surface area contributed by atoms with Crippen molar-refractivity contribution in [2.24, 2.45) is 5.41 Å². The third kappa shape index (κ3) is 2.01. The maximum atomic E-state index is 12.5. The second-order valence-corrected chi connectivity index (χ2v) is 7.23. The second kappa shape index (κ2) is 4.47. The first-order chi connectivity index (χ1) is 9.00. The van der Waals surface area contributed by atoms with Gasteiger partial charge in [0.1, 0.15) is 5.60 Å². The molecule has 0 radical (unpaired) electrons. The molecule has 2 aliphatic carbocycles. The highest BCUT2D eigenvalue weighted by Gasteiger charge is 2.62. The van der Waals surface area contributed by atoms with Crippen molar-refractivity contribution in [1.29, 1.82) is 0 Å². The predicted molar refractivity (Wildman–Crippen MR) is 72.7 cm³/mol. The lowest BCUT2D eigenvalue weighted by Crippen LogP contribution is -2.51. The molecule has 0 amide bonds. The van der Waals surface area contributed by atoms with Gasteiger partial charge in [0.25, 0.3) is 0 Å². The van der Waals surface area contributed by atoms with E-state index in [-0.39, 0.29) is 11.6 Å². The normalized spacial score (nSPS) is 37.3. The molecule has 3 heteroatoms. The van der Waals surface area contributed by atoms with E-state index in [9.17, 15) is 9.90 Å². The molecule has 3 fully saturated rings. The monoisotopic (exact) mass is 266 g/mol. The Labute approximate surface area is 115 Å². The van der Waals surface area contributed by atoms with Gasteiger partial charge in [-0.3, -0.25) is 4.79 Å². The van der Waals surface area contributed by atoms with E-state index in [1.165, 1.54) is 12.8 Å². The summed E-state index contributed by atoms with van der Waals surface area (Å²) in [7, 11) is 0. The van der Waals surface area contributed by atoms with Crippen molar-refractivity contribution in [1.82, 2.24) is 0 Å². The molecule has 19 heavy (non-hydrogen) atoms. The lowest BCUT2D eigenvalue weighted by atomic mass is 9.62. The van der Waals surface area contributed by atoms with Crippen LogP contribution in [0, 0.1) is 5.41 Å². The molecule has 1 N–H and O–H groups in total. The van der Waals surface area contributed by atoms with Crippen molar-refractivity contribution in [3.05, 3.63) is 0 Å². The van der Waals surface area contributed by atoms with Crippen LogP contribution < -0.4 is 0 Å². The summed E-state index contributed by atoms with van der Waals surface area (Å²) in [6.45, 7) is 1.95. The van der Waals surface area contributed by atoms with E-state index in [1.807, 2.05) is 6.92 Å². The fourth-order valence-corrected chi connectivity index (χ4v) is 4.58. The fourth-order valence-electron chi connectivity index (χ4n) is 4.58. The average Bonchev–Trinajstić information content (AvgIpc) is 2.64. The molecule has 1 aliphatic heterocycles. The Morgan fingerprint density at radius 3 is 2.05 bits per heavy atom. The number of carbonyl (C=O) groups excluding carboxylic acids is 1. The van der Waals surface area contributed by atoms with Gasteiger partial charge < -0.3 is 9.84 Å². The molecule has 1 spiro atoms. The molecule has 3 aliphatic rings. The van der Waals surface area contributed by atoms with Crippen LogP contribution in [0.2, 0.25) is 0 Å². The number of aliphatic hydroxyl groups is 1. The standard InChI is InChI=1S/C16H26O3/c1-14(16(18)10-6-3-7-11-16)12-15(19-13(14)17)8-4-2-5-9-15/h18H,2-12H2,1H3. The van der Waals surface area contributed by atoms with Gasteiger partial charge in [-0.1, -0.05) is 25.7 Å². The SMILES string of the molecule is CC1(C2(O)CCCCC2)CC2(CCCCC2)OC1=O. The topological polar surface area (TPSA) is 46.5 Å². The molecule has 2 saturated carbocycles. The smallest absolute Gasteiger partial charge is 0.315 e. The third-order valence-corrected chi connectivity index (χ3v) is 5.91. The summed E-state index contributed by atoms with van der Waals surface area (Å²) in [6, 6.07) is 0. The maximum absolute atomic E-state index is 12.5. The zero-order valence-electron chi connectivity index (χ0n) is 12.0. The van der Waals surface area contributed by atoms with E-state index < -0.39 is 11.0 Å². The van der Waals surface area contributed by atoms with Gasteiger partial charge in [-0.05, 0) is 45.4 Å². The molecule has 3 nitrogen and oxygen atoms in total. The van der Waals surface area contributed by atoms with Crippen molar-refractivity contribution in [3.63, 3.8) is 0 Å². The van der Waals surface area contributed by atoms with E-state index in [2.05, 4.69) is 0 Å². The van der Waals surface area contributed by atoms with E-state index in [0.717, 1.165) is 57.8 Å². The molecule has 3 rings (SSSR count). The second-order valence-electron chi connectivity index (χ2n) is 7.23. The van der Waals surface area contributed by atoms with Crippen molar-refractivity contribution in [2.45, 2.75) is 88.8 Å². The molecule has 1 heterocycles. The zero-order valence-corrected chi connectivity index (χ0v) is 12.0. The van der Waals surface area contributed by atoms with Crippen molar-refractivity contribution in [3.8, 4) is 0 Å². The first-order valence-corrected chi connectivity index (χ1v) is 7.96. The van der Waals surface area contributed by atoms with Crippen LogP contribution in [-0.2, 0) is 9.53 Å². The summed E-state index contributed by atoms with van der Waals surface area (Å²) >= 11 is 0. The first kappa shape index (κ1) is 13.4. The van der Waals surface area contributed by atoms with Crippen LogP contribution in [0.15, 0.2) is 0 Å². The number of hydrogen-bond acceptors (Lipinski definition) is 3. The summed E-state index contributed by atoms with van der Waals surface area (Å²) < 4.78 is 5.82. The van der Waals surface area contributed by atoms with Gasteiger partial charge in [0, 0.05) is 6.42 Å². The van der Waals surface area contributed by atoms with Gasteiger partial charge in [0.05, 0.1) is 11.0 Å². The molecule has 0 aromatic heterocycles. The Morgan fingerprint density at radius 1 is 0.947 bits per heavy atom. The van der Waals surface area contributed by atoms with Crippen LogP contribution in [0.1, 0.15) is 77.6 Å². The van der Waals surface area contributed by atoms with Crippen LogP contribution in [0.3, 0.4) is 0 Å². The highest BCUT2D eigenvalue weighted by molar-refractivity contribution is 5.81. The van der Waals surface area contributed by atoms with Gasteiger partial charge in [-0.25, -0.2) is 0 Å². The van der Waals surface area contributed by atoms with E-state index in [4.69, 9.17) is 4.74 Å². The Kier molecular flexibility index (Phi) is 3.16. The van der Waals surface area contributed by atoms with Crippen LogP contribution in [0.5, 0.6) is 0 Å². The molecule has 108 valence electrons. The summed E-state index contributed by atoms with van der Waals surface area (Å²) in [5.41, 5.74) is -1.76. The number of hydrogen-bond donors (Lipinski definition) is 1. The third-order valence-electron chi connectivity index (χ3n) is 5.91. The Hall–Kier alpha value is -0.570. The minimum atomic E-state index is -0.830. The van der Waals surface area contributed by atoms with Gasteiger partial charge in [0.15, 0.2) is 0 Å². The van der Waals surface area contributed by atoms with Crippen LogP contribution >= 0.6 is 0 Å². The molecular weight excluding hydrogens is 240 g/mol. The molecule has 1 unspecified atom stereocenters. The molecule has 0 aromatic carbocycles. The summed E-state index contributed by atoms with van der Waals surface area (Å²) in [5, 5.41) is 11.0. The quantitative estimate of drug-likeness (QED) is 0.740. The fraction of sp³-hybridized carbons (Fsp3) is 0.938. The van der Waals surface area contributed by atoms with Crippen molar-refractivity contribution in [2.75, 3.05) is 0 Å². The number of rotatable bonds is 1. The molecule has 0 bridgehead atoms. The van der Waals surface area contributed by atoms with Crippen LogP contribution in [0.25, 0.3) is 0 Å². The predicted octanol–water partition coefficient (Wildman–Crippen LogP) is 3.34. The molecule has 0 aromatic rings. The van der Waals surface area contributed by atoms with Gasteiger partial charge in [-0.2, -0.15) is 0 Å². The number of ether oxygens (including phenoxy) is 1. The lowest BCUT2D eigenvalue weighted by molar-refractivity contribution is -0.167. The first-order valence-electron chi connectivity index (χ1n) is 7.96. The maximum Gasteiger partial charge on any atom is 0.315 e. The van der Waals surface area contributed by atoms with Crippen molar-refractivity contribution >= 4 is 5.97 Å².